The van der Waals surface area contributed by atoms with Crippen LogP contribution in [0.25, 0.3) is 0 Å². The maximum absolute atomic E-state index is 11.2. The molecule has 0 aliphatic heterocycles. The SMILES string of the molecule is CC(C)S(=O)COC(C)(C)C. The van der Waals surface area contributed by atoms with E-state index in [1.54, 1.807) is 0 Å². The third kappa shape index (κ3) is 6.51. The minimum atomic E-state index is -0.840. The van der Waals surface area contributed by atoms with Crippen LogP contribution in [-0.2, 0) is 15.5 Å². The van der Waals surface area contributed by atoms with Gasteiger partial charge in [-0.2, -0.15) is 0 Å². The van der Waals surface area contributed by atoms with Crippen molar-refractivity contribution in [3.05, 3.63) is 0 Å². The van der Waals surface area contributed by atoms with Crippen LogP contribution >= 0.6 is 0 Å². The lowest BCUT2D eigenvalue weighted by Crippen LogP contribution is -2.23. The highest BCUT2D eigenvalue weighted by Crippen LogP contribution is 2.08. The zero-order valence-electron chi connectivity index (χ0n) is 8.01. The predicted octanol–water partition coefficient (Wildman–Crippen LogP) is 1.92. The van der Waals surface area contributed by atoms with Crippen molar-refractivity contribution in [1.82, 2.24) is 0 Å². The topological polar surface area (TPSA) is 26.3 Å². The molecule has 0 amide bonds. The van der Waals surface area contributed by atoms with Crippen LogP contribution in [0.15, 0.2) is 0 Å². The van der Waals surface area contributed by atoms with Crippen molar-refractivity contribution in [3.8, 4) is 0 Å². The second-order valence-corrected chi connectivity index (χ2v) is 5.74. The molecule has 0 heterocycles. The summed E-state index contributed by atoms with van der Waals surface area (Å²) in [4.78, 5) is 0. The molecule has 0 rings (SSSR count). The van der Waals surface area contributed by atoms with E-state index in [0.717, 1.165) is 0 Å². The molecule has 2 nitrogen and oxygen atoms in total. The second-order valence-electron chi connectivity index (χ2n) is 3.80. The smallest absolute Gasteiger partial charge is 0.123 e. The number of hydrogen-bond acceptors (Lipinski definition) is 2. The molecule has 0 fully saturated rings. The third-order valence-electron chi connectivity index (χ3n) is 1.13. The molecule has 11 heavy (non-hydrogen) atoms. The average molecular weight is 178 g/mol. The molecule has 3 heteroatoms. The van der Waals surface area contributed by atoms with E-state index >= 15 is 0 Å². The lowest BCUT2D eigenvalue weighted by molar-refractivity contribution is 0.0269. The normalized spacial score (nSPS) is 15.5. The van der Waals surface area contributed by atoms with Crippen molar-refractivity contribution in [1.29, 1.82) is 0 Å². The number of hydrogen-bond donors (Lipinski definition) is 0. The highest BCUT2D eigenvalue weighted by atomic mass is 32.2. The summed E-state index contributed by atoms with van der Waals surface area (Å²) in [5.74, 6) is 0.348. The maximum Gasteiger partial charge on any atom is 0.123 e. The van der Waals surface area contributed by atoms with Crippen LogP contribution in [0.2, 0.25) is 0 Å². The monoisotopic (exact) mass is 178 g/mol. The zero-order valence-corrected chi connectivity index (χ0v) is 8.83. The van der Waals surface area contributed by atoms with Crippen LogP contribution in [0.3, 0.4) is 0 Å². The molecule has 0 aliphatic rings. The van der Waals surface area contributed by atoms with Gasteiger partial charge in [-0.1, -0.05) is 13.8 Å². The summed E-state index contributed by atoms with van der Waals surface area (Å²) in [6.07, 6.45) is 0. The largest absolute Gasteiger partial charge is 0.363 e. The minimum Gasteiger partial charge on any atom is -0.363 e. The molecule has 0 saturated carbocycles. The van der Waals surface area contributed by atoms with Crippen molar-refractivity contribution in [3.63, 3.8) is 0 Å². The van der Waals surface area contributed by atoms with Crippen molar-refractivity contribution in [2.75, 3.05) is 5.94 Å². The van der Waals surface area contributed by atoms with E-state index in [0.29, 0.717) is 5.94 Å². The van der Waals surface area contributed by atoms with Gasteiger partial charge in [0.25, 0.3) is 0 Å². The molecule has 0 aliphatic carbocycles. The van der Waals surface area contributed by atoms with E-state index < -0.39 is 10.8 Å². The molecule has 0 N–H and O–H groups in total. The van der Waals surface area contributed by atoms with Crippen LogP contribution in [0.1, 0.15) is 34.6 Å². The van der Waals surface area contributed by atoms with Gasteiger partial charge in [0.2, 0.25) is 0 Å². The summed E-state index contributed by atoms with van der Waals surface area (Å²) in [6, 6.07) is 0. The third-order valence-corrected chi connectivity index (χ3v) is 2.54. The van der Waals surface area contributed by atoms with Gasteiger partial charge in [0.1, 0.15) is 5.94 Å². The standard InChI is InChI=1S/C8H18O2S/c1-7(2)11(9)6-10-8(3,4)5/h7H,6H2,1-5H3. The lowest BCUT2D eigenvalue weighted by Gasteiger charge is -2.19. The van der Waals surface area contributed by atoms with Crippen LogP contribution in [0.4, 0.5) is 0 Å². The Morgan fingerprint density at radius 1 is 1.36 bits per heavy atom. The van der Waals surface area contributed by atoms with Crippen LogP contribution in [-0.4, -0.2) is 21.0 Å². The average Bonchev–Trinajstić information content (AvgIpc) is 1.80. The predicted molar refractivity (Wildman–Crippen MR) is 49.0 cm³/mol. The van der Waals surface area contributed by atoms with Crippen molar-refractivity contribution in [2.24, 2.45) is 0 Å². The minimum absolute atomic E-state index is 0.176. The fraction of sp³-hybridized carbons (Fsp3) is 1.00. The zero-order chi connectivity index (χ0) is 9.07. The Labute approximate surface area is 71.8 Å². The van der Waals surface area contributed by atoms with Gasteiger partial charge in [0, 0.05) is 16.0 Å². The van der Waals surface area contributed by atoms with E-state index in [-0.39, 0.29) is 10.9 Å². The van der Waals surface area contributed by atoms with Gasteiger partial charge in [0.15, 0.2) is 0 Å². The van der Waals surface area contributed by atoms with Gasteiger partial charge in [0.05, 0.1) is 5.60 Å². The quantitative estimate of drug-likeness (QED) is 0.660. The Morgan fingerprint density at radius 3 is 2.09 bits per heavy atom. The summed E-state index contributed by atoms with van der Waals surface area (Å²) < 4.78 is 16.5. The lowest BCUT2D eigenvalue weighted by atomic mass is 10.2. The fourth-order valence-electron chi connectivity index (χ4n) is 0.371. The van der Waals surface area contributed by atoms with Gasteiger partial charge >= 0.3 is 0 Å². The summed E-state index contributed by atoms with van der Waals surface area (Å²) >= 11 is 0. The van der Waals surface area contributed by atoms with E-state index in [9.17, 15) is 4.21 Å². The first-order chi connectivity index (χ1) is 4.83. The summed E-state index contributed by atoms with van der Waals surface area (Å²) in [5, 5.41) is 0.192. The first-order valence-corrected chi connectivity index (χ1v) is 5.22. The maximum atomic E-state index is 11.2. The van der Waals surface area contributed by atoms with Gasteiger partial charge in [-0.25, -0.2) is 0 Å². The molecule has 0 aromatic carbocycles. The molecule has 0 aromatic heterocycles. The Kier molecular flexibility index (Phi) is 4.26. The number of rotatable bonds is 3. The molecule has 0 saturated heterocycles. The number of ether oxygens (including phenoxy) is 1. The molecule has 0 bridgehead atoms. The fourth-order valence-corrected chi connectivity index (χ4v) is 1.11. The summed E-state index contributed by atoms with van der Waals surface area (Å²) in [5.41, 5.74) is -0.176. The van der Waals surface area contributed by atoms with E-state index in [2.05, 4.69) is 0 Å². The van der Waals surface area contributed by atoms with Crippen molar-refractivity contribution >= 4 is 10.8 Å². The molecule has 0 radical (unpaired) electrons. The van der Waals surface area contributed by atoms with Crippen molar-refractivity contribution in [2.45, 2.75) is 45.5 Å². The molecule has 1 unspecified atom stereocenters. The molecular formula is C8H18O2S. The van der Waals surface area contributed by atoms with E-state index in [1.165, 1.54) is 0 Å². The van der Waals surface area contributed by atoms with Crippen LogP contribution in [0.5, 0.6) is 0 Å². The summed E-state index contributed by atoms with van der Waals surface area (Å²) in [7, 11) is -0.840. The van der Waals surface area contributed by atoms with Crippen molar-refractivity contribution < 1.29 is 8.95 Å². The van der Waals surface area contributed by atoms with Gasteiger partial charge in [-0.15, -0.1) is 0 Å². The first-order valence-electron chi connectivity index (χ1n) is 3.84. The van der Waals surface area contributed by atoms with Gasteiger partial charge in [-0.3, -0.25) is 4.21 Å². The molecule has 1 atom stereocenters. The Balaban J connectivity index is 3.64. The molecular weight excluding hydrogens is 160 g/mol. The summed E-state index contributed by atoms with van der Waals surface area (Å²) in [6.45, 7) is 9.75. The van der Waals surface area contributed by atoms with Gasteiger partial charge in [-0.05, 0) is 20.8 Å². The Morgan fingerprint density at radius 2 is 1.82 bits per heavy atom. The van der Waals surface area contributed by atoms with Gasteiger partial charge < -0.3 is 4.74 Å². The Bertz CT molecular complexity index is 136. The molecule has 0 aromatic rings. The highest BCUT2D eigenvalue weighted by molar-refractivity contribution is 7.85. The van der Waals surface area contributed by atoms with E-state index in [1.807, 2.05) is 34.6 Å². The van der Waals surface area contributed by atoms with Crippen LogP contribution in [0, 0.1) is 0 Å². The second kappa shape index (κ2) is 4.21. The first kappa shape index (κ1) is 11.1. The highest BCUT2D eigenvalue weighted by Gasteiger charge is 2.13. The molecule has 68 valence electrons. The molecule has 0 spiro atoms. The van der Waals surface area contributed by atoms with Crippen LogP contribution < -0.4 is 0 Å². The van der Waals surface area contributed by atoms with E-state index in [4.69, 9.17) is 4.74 Å². The Hall–Kier alpha value is 0.110.